The fourth-order valence-electron chi connectivity index (χ4n) is 4.94. The predicted octanol–water partition coefficient (Wildman–Crippen LogP) is 3.64. The minimum absolute atomic E-state index is 0.0727. The number of hydrogen-bond acceptors (Lipinski definition) is 6. The van der Waals surface area contributed by atoms with Gasteiger partial charge >= 0.3 is 6.09 Å². The number of rotatable bonds is 5. The van der Waals surface area contributed by atoms with Gasteiger partial charge in [-0.2, -0.15) is 5.26 Å². The normalized spacial score (nSPS) is 26.0. The summed E-state index contributed by atoms with van der Waals surface area (Å²) in [5.74, 6) is 0.446. The maximum atomic E-state index is 12.0. The average Bonchev–Trinajstić information content (AvgIpc) is 2.75. The van der Waals surface area contributed by atoms with Gasteiger partial charge < -0.3 is 19.5 Å². The van der Waals surface area contributed by atoms with E-state index in [1.165, 1.54) is 0 Å². The largest absolute Gasteiger partial charge is 0.473 e. The number of amides is 1. The van der Waals surface area contributed by atoms with Crippen LogP contribution in [0.1, 0.15) is 48.1 Å². The summed E-state index contributed by atoms with van der Waals surface area (Å²) >= 11 is 0. The van der Waals surface area contributed by atoms with Crippen LogP contribution in [0.3, 0.4) is 0 Å². The van der Waals surface area contributed by atoms with E-state index in [0.29, 0.717) is 24.7 Å². The zero-order valence-electron chi connectivity index (χ0n) is 17.3. The molecule has 0 saturated heterocycles. The lowest BCUT2D eigenvalue weighted by molar-refractivity contribution is -0.0858. The summed E-state index contributed by atoms with van der Waals surface area (Å²) in [5.41, 5.74) is 3.63. The number of carbonyl (C=O) groups excluding carboxylic acids is 1. The molecule has 7 nitrogen and oxygen atoms in total. The highest BCUT2D eigenvalue weighted by Gasteiger charge is 2.54. The van der Waals surface area contributed by atoms with E-state index in [-0.39, 0.29) is 30.3 Å². The van der Waals surface area contributed by atoms with Crippen molar-refractivity contribution in [2.24, 2.45) is 5.41 Å². The van der Waals surface area contributed by atoms with E-state index in [9.17, 15) is 10.1 Å². The van der Waals surface area contributed by atoms with Gasteiger partial charge in [-0.1, -0.05) is 30.3 Å². The molecule has 2 saturated carbocycles. The van der Waals surface area contributed by atoms with E-state index >= 15 is 0 Å². The molecule has 1 aliphatic heterocycles. The molecule has 1 spiro atoms. The number of benzene rings is 1. The third-order valence-corrected chi connectivity index (χ3v) is 6.51. The van der Waals surface area contributed by atoms with Crippen molar-refractivity contribution >= 4 is 6.09 Å². The number of pyridine rings is 1. The topological polar surface area (TPSA) is 93.5 Å². The van der Waals surface area contributed by atoms with Gasteiger partial charge in [-0.25, -0.2) is 9.78 Å². The van der Waals surface area contributed by atoms with E-state index in [1.54, 1.807) is 0 Å². The monoisotopic (exact) mass is 419 g/mol. The van der Waals surface area contributed by atoms with E-state index in [0.717, 1.165) is 48.9 Å². The molecule has 1 aromatic heterocycles. The van der Waals surface area contributed by atoms with Gasteiger partial charge in [-0.15, -0.1) is 0 Å². The van der Waals surface area contributed by atoms with Crippen molar-refractivity contribution in [2.45, 2.75) is 57.5 Å². The molecule has 31 heavy (non-hydrogen) atoms. The zero-order chi connectivity index (χ0) is 21.3. The van der Waals surface area contributed by atoms with Gasteiger partial charge in [0.2, 0.25) is 5.88 Å². The molecule has 2 heterocycles. The third-order valence-electron chi connectivity index (χ3n) is 6.51. The van der Waals surface area contributed by atoms with Crippen molar-refractivity contribution in [3.8, 4) is 11.9 Å². The van der Waals surface area contributed by atoms with Crippen molar-refractivity contribution < 1.29 is 19.0 Å². The quantitative estimate of drug-likeness (QED) is 0.795. The number of nitrogens with zero attached hydrogens (tertiary/aromatic N) is 2. The lowest BCUT2D eigenvalue weighted by Crippen LogP contribution is -2.58. The molecule has 2 aliphatic carbocycles. The first-order valence-corrected chi connectivity index (χ1v) is 10.8. The summed E-state index contributed by atoms with van der Waals surface area (Å²) in [4.78, 5) is 16.6. The maximum absolute atomic E-state index is 12.0. The summed E-state index contributed by atoms with van der Waals surface area (Å²) in [7, 11) is 0. The number of ether oxygens (including phenoxy) is 3. The second-order valence-corrected chi connectivity index (χ2v) is 8.82. The number of alkyl carbamates (subject to hydrolysis) is 1. The van der Waals surface area contributed by atoms with Gasteiger partial charge in [0.05, 0.1) is 18.9 Å². The summed E-state index contributed by atoms with van der Waals surface area (Å²) in [6, 6.07) is 13.8. The summed E-state index contributed by atoms with van der Waals surface area (Å²) in [6.45, 7) is 1.44. The van der Waals surface area contributed by atoms with Crippen LogP contribution in [0.25, 0.3) is 0 Å². The lowest BCUT2D eigenvalue weighted by Gasteiger charge is -2.56. The second-order valence-electron chi connectivity index (χ2n) is 8.82. The molecule has 7 heteroatoms. The standard InChI is InChI=1S/C24H25N3O4/c25-13-17-8-18-15-29-7-6-21(18)27-22(17)31-20-11-24(12-20)9-19(10-24)26-23(28)30-14-16-4-2-1-3-5-16/h1-5,8,19-20H,6-7,9-12,14-15H2,(H,26,28). The van der Waals surface area contributed by atoms with Crippen molar-refractivity contribution in [3.63, 3.8) is 0 Å². The number of fused-ring (bicyclic) bond motifs is 1. The molecular weight excluding hydrogens is 394 g/mol. The first-order valence-electron chi connectivity index (χ1n) is 10.8. The Morgan fingerprint density at radius 1 is 1.26 bits per heavy atom. The number of hydrogen-bond donors (Lipinski definition) is 1. The Hall–Kier alpha value is -3.11. The highest BCUT2D eigenvalue weighted by Crippen LogP contribution is 2.56. The van der Waals surface area contributed by atoms with Gasteiger partial charge in [0.25, 0.3) is 0 Å². The maximum Gasteiger partial charge on any atom is 0.407 e. The van der Waals surface area contributed by atoms with Crippen molar-refractivity contribution in [3.05, 3.63) is 58.8 Å². The van der Waals surface area contributed by atoms with Crippen LogP contribution >= 0.6 is 0 Å². The van der Waals surface area contributed by atoms with Crippen LogP contribution in [-0.4, -0.2) is 29.8 Å². The lowest BCUT2D eigenvalue weighted by atomic mass is 9.53. The smallest absolute Gasteiger partial charge is 0.407 e. The Labute approximate surface area is 181 Å². The zero-order valence-corrected chi connectivity index (χ0v) is 17.3. The first kappa shape index (κ1) is 19.8. The molecule has 1 N–H and O–H groups in total. The minimum Gasteiger partial charge on any atom is -0.473 e. The number of nitriles is 1. The Morgan fingerprint density at radius 3 is 2.84 bits per heavy atom. The summed E-state index contributed by atoms with van der Waals surface area (Å²) in [5, 5.41) is 12.4. The molecule has 3 aliphatic rings. The highest BCUT2D eigenvalue weighted by molar-refractivity contribution is 5.67. The molecule has 5 rings (SSSR count). The Balaban J connectivity index is 1.08. The van der Waals surface area contributed by atoms with Gasteiger partial charge in [0, 0.05) is 18.0 Å². The van der Waals surface area contributed by atoms with Crippen molar-refractivity contribution in [1.29, 1.82) is 5.26 Å². The molecule has 1 aromatic carbocycles. The fraction of sp³-hybridized carbons (Fsp3) is 0.458. The SMILES string of the molecule is N#Cc1cc2c(nc1OC1CC3(CC(NC(=O)OCc4ccccc4)C3)C1)CCOC2. The molecule has 0 radical (unpaired) electrons. The number of aromatic nitrogens is 1. The Kier molecular flexibility index (Phi) is 5.24. The van der Waals surface area contributed by atoms with Crippen molar-refractivity contribution in [1.82, 2.24) is 10.3 Å². The Morgan fingerprint density at radius 2 is 2.06 bits per heavy atom. The van der Waals surface area contributed by atoms with Crippen LogP contribution in [0.4, 0.5) is 4.79 Å². The highest BCUT2D eigenvalue weighted by atomic mass is 16.5. The second kappa shape index (κ2) is 8.20. The van der Waals surface area contributed by atoms with Gasteiger partial charge in [0.15, 0.2) is 0 Å². The summed E-state index contributed by atoms with van der Waals surface area (Å²) in [6.07, 6.45) is 4.19. The van der Waals surface area contributed by atoms with Gasteiger partial charge in [-0.05, 0) is 42.7 Å². The average molecular weight is 419 g/mol. The molecule has 0 bridgehead atoms. The number of nitrogens with one attached hydrogen (secondary N) is 1. The molecule has 0 atom stereocenters. The van der Waals surface area contributed by atoms with E-state index in [1.807, 2.05) is 36.4 Å². The van der Waals surface area contributed by atoms with Crippen LogP contribution in [-0.2, 0) is 29.1 Å². The van der Waals surface area contributed by atoms with Gasteiger partial charge in [-0.3, -0.25) is 0 Å². The number of carbonyl (C=O) groups is 1. The van der Waals surface area contributed by atoms with E-state index < -0.39 is 0 Å². The Bertz CT molecular complexity index is 1000. The molecule has 160 valence electrons. The van der Waals surface area contributed by atoms with Crippen LogP contribution < -0.4 is 10.1 Å². The third kappa shape index (κ3) is 4.21. The molecule has 1 amide bonds. The molecule has 0 unspecified atom stereocenters. The molecule has 2 aromatic rings. The van der Waals surface area contributed by atoms with Crippen LogP contribution in [0.15, 0.2) is 36.4 Å². The predicted molar refractivity (Wildman–Crippen MR) is 111 cm³/mol. The minimum atomic E-state index is -0.364. The van der Waals surface area contributed by atoms with Crippen molar-refractivity contribution in [2.75, 3.05) is 6.61 Å². The summed E-state index contributed by atoms with van der Waals surface area (Å²) < 4.78 is 16.8. The van der Waals surface area contributed by atoms with Crippen LogP contribution in [0.2, 0.25) is 0 Å². The molecular formula is C24H25N3O4. The van der Waals surface area contributed by atoms with Crippen LogP contribution in [0, 0.1) is 16.7 Å². The van der Waals surface area contributed by atoms with Gasteiger partial charge in [0.1, 0.15) is 24.3 Å². The van der Waals surface area contributed by atoms with E-state index in [2.05, 4.69) is 16.4 Å². The van der Waals surface area contributed by atoms with Crippen LogP contribution in [0.5, 0.6) is 5.88 Å². The molecule has 2 fully saturated rings. The van der Waals surface area contributed by atoms with E-state index in [4.69, 9.17) is 14.2 Å². The first-order chi connectivity index (χ1) is 15.1. The fourth-order valence-corrected chi connectivity index (χ4v) is 4.94.